The van der Waals surface area contributed by atoms with Crippen molar-refractivity contribution in [3.8, 4) is 0 Å². The third kappa shape index (κ3) is 4.86. The summed E-state index contributed by atoms with van der Waals surface area (Å²) in [5.74, 6) is -0.640. The van der Waals surface area contributed by atoms with E-state index < -0.39 is 0 Å². The highest BCUT2D eigenvalue weighted by Gasteiger charge is 2.24. The minimum atomic E-state index is -0.370. The van der Waals surface area contributed by atoms with Crippen molar-refractivity contribution in [2.75, 3.05) is 0 Å². The van der Waals surface area contributed by atoms with E-state index in [0.29, 0.717) is 11.4 Å². The van der Waals surface area contributed by atoms with E-state index in [1.807, 2.05) is 61.5 Å². The summed E-state index contributed by atoms with van der Waals surface area (Å²) in [6, 6.07) is 16.8. The van der Waals surface area contributed by atoms with Gasteiger partial charge in [-0.05, 0) is 36.6 Å². The first-order valence-corrected chi connectivity index (χ1v) is 7.64. The van der Waals surface area contributed by atoms with Gasteiger partial charge in [0.2, 0.25) is 0 Å². The van der Waals surface area contributed by atoms with Gasteiger partial charge in [-0.1, -0.05) is 54.1 Å². The maximum atomic E-state index is 12.3. The molecule has 0 fully saturated rings. The number of hydrogen-bond donors (Lipinski definition) is 1. The maximum Gasteiger partial charge on any atom is 0.311 e. The van der Waals surface area contributed by atoms with Gasteiger partial charge in [-0.25, -0.2) is 0 Å². The van der Waals surface area contributed by atoms with Crippen LogP contribution in [0.5, 0.6) is 0 Å². The molecule has 2 N–H and O–H groups in total. The fourth-order valence-corrected chi connectivity index (χ4v) is 2.32. The third-order valence-electron chi connectivity index (χ3n) is 3.53. The number of ether oxygens (including phenoxy) is 1. The Balaban J connectivity index is 1.97. The van der Waals surface area contributed by atoms with Crippen LogP contribution in [-0.2, 0) is 22.6 Å². The monoisotopic (exact) mass is 317 g/mol. The molecule has 0 saturated heterocycles. The number of halogens is 1. The Morgan fingerprint density at radius 3 is 2.32 bits per heavy atom. The average molecular weight is 318 g/mol. The van der Waals surface area contributed by atoms with E-state index in [4.69, 9.17) is 22.1 Å². The zero-order chi connectivity index (χ0) is 15.9. The van der Waals surface area contributed by atoms with Crippen molar-refractivity contribution in [2.24, 2.45) is 11.7 Å². The molecule has 0 unspecified atom stereocenters. The average Bonchev–Trinajstić information content (AvgIpc) is 2.52. The lowest BCUT2D eigenvalue weighted by atomic mass is 9.93. The highest BCUT2D eigenvalue weighted by atomic mass is 35.5. The highest BCUT2D eigenvalue weighted by molar-refractivity contribution is 6.30. The molecule has 0 saturated carbocycles. The Bertz CT molecular complexity index is 596. The van der Waals surface area contributed by atoms with Gasteiger partial charge in [0.25, 0.3) is 0 Å². The SMILES string of the molecule is C[C@H](N)[C@H](Cc1ccc(Cl)cc1)C(=O)OCc1ccccc1. The summed E-state index contributed by atoms with van der Waals surface area (Å²) in [5.41, 5.74) is 7.94. The van der Waals surface area contributed by atoms with Gasteiger partial charge >= 0.3 is 5.97 Å². The van der Waals surface area contributed by atoms with Gasteiger partial charge in [0.1, 0.15) is 6.61 Å². The molecule has 0 bridgehead atoms. The van der Waals surface area contributed by atoms with Crippen molar-refractivity contribution in [3.63, 3.8) is 0 Å². The van der Waals surface area contributed by atoms with E-state index in [0.717, 1.165) is 11.1 Å². The predicted octanol–water partition coefficient (Wildman–Crippen LogP) is 3.59. The van der Waals surface area contributed by atoms with Gasteiger partial charge in [0.15, 0.2) is 0 Å². The first-order valence-electron chi connectivity index (χ1n) is 7.27. The van der Waals surface area contributed by atoms with Crippen LogP contribution in [0.15, 0.2) is 54.6 Å². The summed E-state index contributed by atoms with van der Waals surface area (Å²) in [6.45, 7) is 2.09. The maximum absolute atomic E-state index is 12.3. The Morgan fingerprint density at radius 2 is 1.73 bits per heavy atom. The van der Waals surface area contributed by atoms with E-state index >= 15 is 0 Å². The Hall–Kier alpha value is -1.84. The van der Waals surface area contributed by atoms with E-state index in [-0.39, 0.29) is 24.5 Å². The molecule has 2 aromatic rings. The minimum absolute atomic E-state index is 0.267. The van der Waals surface area contributed by atoms with Crippen LogP contribution in [0.3, 0.4) is 0 Å². The van der Waals surface area contributed by atoms with Crippen LogP contribution < -0.4 is 5.73 Å². The molecule has 2 aromatic carbocycles. The summed E-state index contributed by atoms with van der Waals surface area (Å²) in [6.07, 6.45) is 0.544. The van der Waals surface area contributed by atoms with Gasteiger partial charge in [-0.2, -0.15) is 0 Å². The van der Waals surface area contributed by atoms with E-state index in [1.165, 1.54) is 0 Å². The molecule has 0 aliphatic rings. The number of esters is 1. The standard InChI is InChI=1S/C18H20ClNO2/c1-13(20)17(11-14-7-9-16(19)10-8-14)18(21)22-12-15-5-3-2-4-6-15/h2-10,13,17H,11-12,20H2,1H3/t13-,17-/m0/s1. The van der Waals surface area contributed by atoms with Crippen molar-refractivity contribution in [3.05, 3.63) is 70.7 Å². The van der Waals surface area contributed by atoms with Crippen LogP contribution in [-0.4, -0.2) is 12.0 Å². The molecule has 4 heteroatoms. The van der Waals surface area contributed by atoms with E-state index in [9.17, 15) is 4.79 Å². The van der Waals surface area contributed by atoms with Gasteiger partial charge in [-0.15, -0.1) is 0 Å². The molecular weight excluding hydrogens is 298 g/mol. The molecule has 0 radical (unpaired) electrons. The molecule has 0 aliphatic carbocycles. The molecule has 0 aromatic heterocycles. The van der Waals surface area contributed by atoms with Crippen LogP contribution in [0.2, 0.25) is 5.02 Å². The van der Waals surface area contributed by atoms with Gasteiger partial charge in [0, 0.05) is 11.1 Å². The smallest absolute Gasteiger partial charge is 0.311 e. The highest BCUT2D eigenvalue weighted by Crippen LogP contribution is 2.17. The first kappa shape index (κ1) is 16.5. The molecule has 0 heterocycles. The zero-order valence-corrected chi connectivity index (χ0v) is 13.3. The summed E-state index contributed by atoms with van der Waals surface area (Å²) in [4.78, 5) is 12.3. The Kier molecular flexibility index (Phi) is 5.99. The van der Waals surface area contributed by atoms with Crippen molar-refractivity contribution in [1.82, 2.24) is 0 Å². The largest absolute Gasteiger partial charge is 0.461 e. The fourth-order valence-electron chi connectivity index (χ4n) is 2.19. The van der Waals surface area contributed by atoms with Crippen LogP contribution in [0.4, 0.5) is 0 Å². The molecular formula is C18H20ClNO2. The number of hydrogen-bond acceptors (Lipinski definition) is 3. The number of rotatable bonds is 6. The minimum Gasteiger partial charge on any atom is -0.461 e. The molecule has 0 spiro atoms. The van der Waals surface area contributed by atoms with Crippen molar-refractivity contribution in [1.29, 1.82) is 0 Å². The number of nitrogens with two attached hydrogens (primary N) is 1. The summed E-state index contributed by atoms with van der Waals surface area (Å²) < 4.78 is 5.40. The van der Waals surface area contributed by atoms with Gasteiger partial charge in [-0.3, -0.25) is 4.79 Å². The fraction of sp³-hybridized carbons (Fsp3) is 0.278. The summed E-state index contributed by atoms with van der Waals surface area (Å²) in [7, 11) is 0. The second-order valence-electron chi connectivity index (χ2n) is 5.39. The quantitative estimate of drug-likeness (QED) is 0.828. The van der Waals surface area contributed by atoms with Crippen LogP contribution in [0.1, 0.15) is 18.1 Å². The number of benzene rings is 2. The van der Waals surface area contributed by atoms with E-state index in [2.05, 4.69) is 0 Å². The Morgan fingerprint density at radius 1 is 1.09 bits per heavy atom. The Labute approximate surface area is 136 Å². The molecule has 0 aliphatic heterocycles. The number of carbonyl (C=O) groups is 1. The van der Waals surface area contributed by atoms with Crippen LogP contribution in [0, 0.1) is 5.92 Å². The second-order valence-corrected chi connectivity index (χ2v) is 5.83. The zero-order valence-electron chi connectivity index (χ0n) is 12.5. The molecule has 116 valence electrons. The predicted molar refractivity (Wildman–Crippen MR) is 88.5 cm³/mol. The lowest BCUT2D eigenvalue weighted by Gasteiger charge is -2.19. The van der Waals surface area contributed by atoms with Crippen LogP contribution >= 0.6 is 11.6 Å². The summed E-state index contributed by atoms with van der Waals surface area (Å²) >= 11 is 5.87. The topological polar surface area (TPSA) is 52.3 Å². The molecule has 3 nitrogen and oxygen atoms in total. The van der Waals surface area contributed by atoms with Crippen molar-refractivity contribution < 1.29 is 9.53 Å². The third-order valence-corrected chi connectivity index (χ3v) is 3.78. The second kappa shape index (κ2) is 7.97. The lowest BCUT2D eigenvalue weighted by Crippen LogP contribution is -2.35. The first-order chi connectivity index (χ1) is 10.6. The molecule has 2 atom stereocenters. The van der Waals surface area contributed by atoms with Crippen LogP contribution in [0.25, 0.3) is 0 Å². The van der Waals surface area contributed by atoms with Gasteiger partial charge in [0.05, 0.1) is 5.92 Å². The molecule has 2 rings (SSSR count). The molecule has 22 heavy (non-hydrogen) atoms. The lowest BCUT2D eigenvalue weighted by molar-refractivity contribution is -0.150. The van der Waals surface area contributed by atoms with Crippen molar-refractivity contribution in [2.45, 2.75) is 26.0 Å². The normalized spacial score (nSPS) is 13.4. The van der Waals surface area contributed by atoms with Gasteiger partial charge < -0.3 is 10.5 Å². The molecule has 0 amide bonds. The number of carbonyl (C=O) groups excluding carboxylic acids is 1. The summed E-state index contributed by atoms with van der Waals surface area (Å²) in [5, 5.41) is 0.674. The van der Waals surface area contributed by atoms with E-state index in [1.54, 1.807) is 0 Å². The van der Waals surface area contributed by atoms with Crippen molar-refractivity contribution >= 4 is 17.6 Å².